The molecule has 0 aromatic rings. The largest absolute Gasteiger partial charge is 0.0599 e. The quantitative estimate of drug-likeness (QED) is 0.510. The fraction of sp³-hybridized carbons (Fsp3) is 1.00. The Bertz CT molecular complexity index is 169. The van der Waals surface area contributed by atoms with Crippen LogP contribution in [0.3, 0.4) is 0 Å². The van der Waals surface area contributed by atoms with Crippen molar-refractivity contribution in [3.05, 3.63) is 0 Å². The number of hydrogen-bond acceptors (Lipinski definition) is 0. The molecule has 1 atom stereocenters. The molecule has 0 nitrogen and oxygen atoms in total. The first-order valence-electron chi connectivity index (χ1n) is 5.55. The molecule has 0 radical (unpaired) electrons. The second-order valence-corrected chi connectivity index (χ2v) is 6.03. The van der Waals surface area contributed by atoms with Gasteiger partial charge in [0.2, 0.25) is 0 Å². The van der Waals surface area contributed by atoms with Crippen molar-refractivity contribution in [2.45, 2.75) is 59.3 Å². The molecule has 0 heterocycles. The van der Waals surface area contributed by atoms with Gasteiger partial charge in [0.15, 0.2) is 0 Å². The van der Waals surface area contributed by atoms with Gasteiger partial charge in [0, 0.05) is 0 Å². The summed E-state index contributed by atoms with van der Waals surface area (Å²) in [5, 5.41) is 0. The molecular formula is C12H22. The predicted octanol–water partition coefficient (Wildman–Crippen LogP) is 4.00. The molecule has 2 saturated carbocycles. The highest BCUT2D eigenvalue weighted by molar-refractivity contribution is 5.01. The van der Waals surface area contributed by atoms with E-state index in [9.17, 15) is 0 Å². The van der Waals surface area contributed by atoms with Crippen molar-refractivity contribution in [2.75, 3.05) is 0 Å². The fourth-order valence-electron chi connectivity index (χ4n) is 3.72. The summed E-state index contributed by atoms with van der Waals surface area (Å²) >= 11 is 0. The second-order valence-electron chi connectivity index (χ2n) is 6.03. The SMILES string of the molecule is CC(C)(C)[C@@H]1CCCC12CCC2. The Labute approximate surface area is 76.7 Å². The van der Waals surface area contributed by atoms with Crippen molar-refractivity contribution in [1.29, 1.82) is 0 Å². The van der Waals surface area contributed by atoms with Crippen molar-refractivity contribution in [1.82, 2.24) is 0 Å². The van der Waals surface area contributed by atoms with Crippen LogP contribution in [0.15, 0.2) is 0 Å². The monoisotopic (exact) mass is 166 g/mol. The van der Waals surface area contributed by atoms with Crippen molar-refractivity contribution < 1.29 is 0 Å². The lowest BCUT2D eigenvalue weighted by atomic mass is 9.56. The van der Waals surface area contributed by atoms with E-state index in [-0.39, 0.29) is 0 Å². The molecule has 0 saturated heterocycles. The van der Waals surface area contributed by atoms with Crippen molar-refractivity contribution in [3.63, 3.8) is 0 Å². The molecule has 0 aliphatic heterocycles. The average molecular weight is 166 g/mol. The Hall–Kier alpha value is 0. The number of rotatable bonds is 0. The van der Waals surface area contributed by atoms with Crippen LogP contribution in [0.1, 0.15) is 59.3 Å². The van der Waals surface area contributed by atoms with Crippen LogP contribution in [-0.4, -0.2) is 0 Å². The van der Waals surface area contributed by atoms with Gasteiger partial charge in [-0.15, -0.1) is 0 Å². The first-order chi connectivity index (χ1) is 5.55. The molecule has 12 heavy (non-hydrogen) atoms. The van der Waals surface area contributed by atoms with E-state index in [0.717, 1.165) is 11.3 Å². The van der Waals surface area contributed by atoms with Gasteiger partial charge in [-0.25, -0.2) is 0 Å². The molecule has 0 amide bonds. The molecule has 1 spiro atoms. The maximum atomic E-state index is 2.43. The second kappa shape index (κ2) is 2.49. The molecule has 2 rings (SSSR count). The minimum Gasteiger partial charge on any atom is -0.0599 e. The van der Waals surface area contributed by atoms with E-state index in [1.807, 2.05) is 0 Å². The van der Waals surface area contributed by atoms with E-state index >= 15 is 0 Å². The summed E-state index contributed by atoms with van der Waals surface area (Å²) in [6.07, 6.45) is 9.12. The third-order valence-electron chi connectivity index (χ3n) is 4.30. The van der Waals surface area contributed by atoms with Crippen molar-refractivity contribution in [2.24, 2.45) is 16.7 Å². The zero-order valence-electron chi connectivity index (χ0n) is 8.82. The lowest BCUT2D eigenvalue weighted by Crippen LogP contribution is -2.39. The molecular weight excluding hydrogens is 144 g/mol. The Morgan fingerprint density at radius 2 is 1.58 bits per heavy atom. The van der Waals surface area contributed by atoms with Gasteiger partial charge in [-0.3, -0.25) is 0 Å². The lowest BCUT2D eigenvalue weighted by molar-refractivity contribution is 0.0128. The third kappa shape index (κ3) is 1.11. The van der Waals surface area contributed by atoms with Crippen LogP contribution < -0.4 is 0 Å². The fourth-order valence-corrected chi connectivity index (χ4v) is 3.72. The molecule has 0 unspecified atom stereocenters. The molecule has 0 aromatic heterocycles. The Morgan fingerprint density at radius 3 is 1.92 bits per heavy atom. The van der Waals surface area contributed by atoms with Gasteiger partial charge in [0.1, 0.15) is 0 Å². The topological polar surface area (TPSA) is 0 Å². The van der Waals surface area contributed by atoms with E-state index < -0.39 is 0 Å². The zero-order chi connectivity index (χ0) is 8.82. The Kier molecular flexibility index (Phi) is 1.79. The summed E-state index contributed by atoms with van der Waals surface area (Å²) in [6, 6.07) is 0. The highest BCUT2D eigenvalue weighted by Crippen LogP contribution is 2.61. The van der Waals surface area contributed by atoms with Gasteiger partial charge in [0.25, 0.3) is 0 Å². The van der Waals surface area contributed by atoms with Gasteiger partial charge in [-0.2, -0.15) is 0 Å². The maximum Gasteiger partial charge on any atom is -0.0264 e. The average Bonchev–Trinajstić information content (AvgIpc) is 2.25. The normalized spacial score (nSPS) is 33.8. The van der Waals surface area contributed by atoms with Crippen molar-refractivity contribution in [3.8, 4) is 0 Å². The van der Waals surface area contributed by atoms with Crippen LogP contribution in [0.2, 0.25) is 0 Å². The summed E-state index contributed by atoms with van der Waals surface area (Å²) in [5.41, 5.74) is 1.38. The standard InChI is InChI=1S/C12H22/c1-11(2,3)10-6-4-7-12(10)8-5-9-12/h10H,4-9H2,1-3H3/t10-/m0/s1. The van der Waals surface area contributed by atoms with Gasteiger partial charge in [-0.1, -0.05) is 33.6 Å². The Balaban J connectivity index is 2.14. The van der Waals surface area contributed by atoms with Gasteiger partial charge >= 0.3 is 0 Å². The third-order valence-corrected chi connectivity index (χ3v) is 4.30. The molecule has 2 aliphatic carbocycles. The van der Waals surface area contributed by atoms with E-state index in [4.69, 9.17) is 0 Å². The van der Waals surface area contributed by atoms with Crippen LogP contribution >= 0.6 is 0 Å². The van der Waals surface area contributed by atoms with Gasteiger partial charge < -0.3 is 0 Å². The minimum absolute atomic E-state index is 0.566. The molecule has 2 aliphatic rings. The first-order valence-corrected chi connectivity index (χ1v) is 5.55. The van der Waals surface area contributed by atoms with Gasteiger partial charge in [0.05, 0.1) is 0 Å². The van der Waals surface area contributed by atoms with E-state index in [1.54, 1.807) is 0 Å². The Morgan fingerprint density at radius 1 is 1.00 bits per heavy atom. The summed E-state index contributed by atoms with van der Waals surface area (Å²) in [5.74, 6) is 1.03. The van der Waals surface area contributed by atoms with Gasteiger partial charge in [-0.05, 0) is 42.4 Å². The molecule has 2 fully saturated rings. The summed E-state index contributed by atoms with van der Waals surface area (Å²) in [6.45, 7) is 7.30. The van der Waals surface area contributed by atoms with E-state index in [0.29, 0.717) is 5.41 Å². The van der Waals surface area contributed by atoms with Crippen LogP contribution in [0.4, 0.5) is 0 Å². The predicted molar refractivity (Wildman–Crippen MR) is 53.1 cm³/mol. The maximum absolute atomic E-state index is 2.43. The van der Waals surface area contributed by atoms with Crippen molar-refractivity contribution >= 4 is 0 Å². The molecule has 0 aromatic carbocycles. The molecule has 0 bridgehead atoms. The lowest BCUT2D eigenvalue weighted by Gasteiger charge is -2.49. The highest BCUT2D eigenvalue weighted by Gasteiger charge is 2.50. The number of hydrogen-bond donors (Lipinski definition) is 0. The summed E-state index contributed by atoms with van der Waals surface area (Å²) in [4.78, 5) is 0. The smallest absolute Gasteiger partial charge is 0.0264 e. The van der Waals surface area contributed by atoms with Crippen LogP contribution in [0.25, 0.3) is 0 Å². The minimum atomic E-state index is 0.566. The van der Waals surface area contributed by atoms with E-state index in [2.05, 4.69) is 20.8 Å². The molecule has 0 N–H and O–H groups in total. The molecule has 0 heteroatoms. The van der Waals surface area contributed by atoms with Crippen LogP contribution in [-0.2, 0) is 0 Å². The van der Waals surface area contributed by atoms with E-state index in [1.165, 1.54) is 38.5 Å². The van der Waals surface area contributed by atoms with Crippen LogP contribution in [0.5, 0.6) is 0 Å². The summed E-state index contributed by atoms with van der Waals surface area (Å²) in [7, 11) is 0. The van der Waals surface area contributed by atoms with Crippen LogP contribution in [0, 0.1) is 16.7 Å². The highest BCUT2D eigenvalue weighted by atomic mass is 14.6. The zero-order valence-corrected chi connectivity index (χ0v) is 8.82. The summed E-state index contributed by atoms with van der Waals surface area (Å²) < 4.78 is 0. The molecule has 70 valence electrons. The first kappa shape index (κ1) is 8.59.